The maximum Gasteiger partial charge on any atom is 0.333 e. The molecule has 0 heterocycles. The first-order valence-electron chi connectivity index (χ1n) is 12.0. The van der Waals surface area contributed by atoms with E-state index >= 15 is 0 Å². The van der Waals surface area contributed by atoms with Gasteiger partial charge in [-0.05, 0) is 49.3 Å². The van der Waals surface area contributed by atoms with E-state index < -0.39 is 30.2 Å². The fourth-order valence-corrected chi connectivity index (χ4v) is 5.04. The van der Waals surface area contributed by atoms with Crippen molar-refractivity contribution in [3.05, 3.63) is 47.0 Å². The van der Waals surface area contributed by atoms with Crippen LogP contribution in [0.4, 0.5) is 5.69 Å². The number of sulfone groups is 1. The molecule has 37 heavy (non-hydrogen) atoms. The smallest absolute Gasteiger partial charge is 0.333 e. The maximum atomic E-state index is 13.1. The van der Waals surface area contributed by atoms with Crippen molar-refractivity contribution in [1.82, 2.24) is 0 Å². The summed E-state index contributed by atoms with van der Waals surface area (Å²) in [6.07, 6.45) is 1.10. The Balaban J connectivity index is 2.39. The number of carbonyl (C=O) groups excluding carboxylic acids is 1. The molecule has 0 radical (unpaired) electrons. The van der Waals surface area contributed by atoms with Gasteiger partial charge in [0.2, 0.25) is 0 Å². The van der Waals surface area contributed by atoms with Crippen molar-refractivity contribution in [2.45, 2.75) is 56.8 Å². The summed E-state index contributed by atoms with van der Waals surface area (Å²) in [6.45, 7) is 13.3. The highest BCUT2D eigenvalue weighted by Gasteiger charge is 2.37. The molecule has 0 saturated carbocycles. The number of ether oxygens (including phenoxy) is 3. The maximum absolute atomic E-state index is 13.1. The summed E-state index contributed by atoms with van der Waals surface area (Å²) in [5.74, 6) is 0.155. The number of methoxy groups -OCH3 is 1. The molecular formula is C26H38ClNO7SSi. The molecule has 0 amide bonds. The van der Waals surface area contributed by atoms with Gasteiger partial charge in [-0.3, -0.25) is 0 Å². The average Bonchev–Trinajstić information content (AvgIpc) is 2.79. The largest absolute Gasteiger partial charge is 0.497 e. The summed E-state index contributed by atoms with van der Waals surface area (Å²) in [5, 5.41) is 3.60. The lowest BCUT2D eigenvalue weighted by Crippen LogP contribution is -2.41. The summed E-state index contributed by atoms with van der Waals surface area (Å²) in [6, 6.07) is 8.41. The van der Waals surface area contributed by atoms with Crippen molar-refractivity contribution in [2.75, 3.05) is 38.5 Å². The van der Waals surface area contributed by atoms with Crippen LogP contribution in [0.25, 0.3) is 0 Å². The molecular weight excluding hydrogens is 534 g/mol. The number of nitrogens with one attached hydrogen (secondary N) is 1. The zero-order chi connectivity index (χ0) is 28.0. The standard InChI is InChI=1S/C26H38ClNO7SSi/c1-9-33-25(29)24(28-19-15-20(32-5)17-21(16-19)36(6,30)31)22-11-10-18(27)14-23(22)34-12-13-35-37(7,8)26(2,3)4/h10-11,14-17,24,28H,9,12-13H2,1-8H3. The van der Waals surface area contributed by atoms with Gasteiger partial charge in [0, 0.05) is 28.6 Å². The van der Waals surface area contributed by atoms with Gasteiger partial charge in [0.1, 0.15) is 18.1 Å². The molecule has 2 rings (SSSR count). The van der Waals surface area contributed by atoms with E-state index in [0.29, 0.717) is 34.4 Å². The Morgan fingerprint density at radius 3 is 2.35 bits per heavy atom. The molecule has 0 aromatic heterocycles. The summed E-state index contributed by atoms with van der Waals surface area (Å²) >= 11 is 6.25. The molecule has 2 aromatic carbocycles. The third-order valence-corrected chi connectivity index (χ3v) is 12.1. The van der Waals surface area contributed by atoms with E-state index in [1.165, 1.54) is 19.2 Å². The van der Waals surface area contributed by atoms with E-state index in [1.807, 2.05) is 0 Å². The second-order valence-electron chi connectivity index (χ2n) is 10.1. The van der Waals surface area contributed by atoms with Crippen LogP contribution in [0.3, 0.4) is 0 Å². The minimum atomic E-state index is -3.53. The highest BCUT2D eigenvalue weighted by atomic mass is 35.5. The van der Waals surface area contributed by atoms with E-state index in [0.717, 1.165) is 6.26 Å². The third kappa shape index (κ3) is 8.63. The Hall–Kier alpha value is -2.27. The number of carbonyl (C=O) groups is 1. The van der Waals surface area contributed by atoms with Crippen LogP contribution >= 0.6 is 11.6 Å². The first-order valence-corrected chi connectivity index (χ1v) is 17.2. The molecule has 0 aliphatic carbocycles. The SMILES string of the molecule is CCOC(=O)C(Nc1cc(OC)cc(S(C)(=O)=O)c1)c1ccc(Cl)cc1OCCO[Si](C)(C)C(C)(C)C. The fourth-order valence-electron chi connectivity index (χ4n) is 3.18. The van der Waals surface area contributed by atoms with Crippen LogP contribution in [0.15, 0.2) is 41.3 Å². The highest BCUT2D eigenvalue weighted by Crippen LogP contribution is 2.37. The molecule has 206 valence electrons. The van der Waals surface area contributed by atoms with Crippen LogP contribution in [-0.4, -0.2) is 55.9 Å². The molecule has 11 heteroatoms. The Bertz CT molecular complexity index is 1200. The Morgan fingerprint density at radius 1 is 1.11 bits per heavy atom. The second kappa shape index (κ2) is 12.5. The van der Waals surface area contributed by atoms with Gasteiger partial charge < -0.3 is 24.0 Å². The molecule has 0 spiro atoms. The van der Waals surface area contributed by atoms with Crippen LogP contribution in [-0.2, 0) is 23.8 Å². The van der Waals surface area contributed by atoms with Crippen LogP contribution in [0.2, 0.25) is 23.2 Å². The zero-order valence-corrected chi connectivity index (χ0v) is 25.4. The number of esters is 1. The lowest BCUT2D eigenvalue weighted by Gasteiger charge is -2.36. The van der Waals surface area contributed by atoms with Crippen molar-refractivity contribution < 1.29 is 31.8 Å². The molecule has 8 nitrogen and oxygen atoms in total. The fraction of sp³-hybridized carbons (Fsp3) is 0.500. The number of anilines is 1. The quantitative estimate of drug-likeness (QED) is 0.192. The van der Waals surface area contributed by atoms with Crippen molar-refractivity contribution in [3.63, 3.8) is 0 Å². The molecule has 0 saturated heterocycles. The lowest BCUT2D eigenvalue weighted by molar-refractivity contribution is -0.144. The Kier molecular flexibility index (Phi) is 10.5. The first-order chi connectivity index (χ1) is 17.1. The Labute approximate surface area is 226 Å². The summed E-state index contributed by atoms with van der Waals surface area (Å²) in [5.41, 5.74) is 0.846. The van der Waals surface area contributed by atoms with Gasteiger partial charge in [-0.2, -0.15) is 0 Å². The zero-order valence-electron chi connectivity index (χ0n) is 22.8. The topological polar surface area (TPSA) is 100 Å². The van der Waals surface area contributed by atoms with Crippen LogP contribution in [0.5, 0.6) is 11.5 Å². The molecule has 0 aliphatic heterocycles. The molecule has 1 unspecified atom stereocenters. The van der Waals surface area contributed by atoms with Crippen molar-refractivity contribution in [1.29, 1.82) is 0 Å². The van der Waals surface area contributed by atoms with Gasteiger partial charge in [-0.25, -0.2) is 13.2 Å². The number of halogens is 1. The van der Waals surface area contributed by atoms with Crippen molar-refractivity contribution in [2.24, 2.45) is 0 Å². The van der Waals surface area contributed by atoms with Crippen LogP contribution in [0.1, 0.15) is 39.3 Å². The van der Waals surface area contributed by atoms with E-state index in [1.54, 1.807) is 31.2 Å². The highest BCUT2D eigenvalue weighted by molar-refractivity contribution is 7.90. The van der Waals surface area contributed by atoms with Gasteiger partial charge in [-0.1, -0.05) is 38.4 Å². The molecule has 1 atom stereocenters. The van der Waals surface area contributed by atoms with E-state index in [9.17, 15) is 13.2 Å². The van der Waals surface area contributed by atoms with Gasteiger partial charge >= 0.3 is 5.97 Å². The summed E-state index contributed by atoms with van der Waals surface area (Å²) in [4.78, 5) is 13.1. The summed E-state index contributed by atoms with van der Waals surface area (Å²) < 4.78 is 47.2. The van der Waals surface area contributed by atoms with Gasteiger partial charge in [0.25, 0.3) is 0 Å². The third-order valence-electron chi connectivity index (χ3n) is 6.27. The molecule has 0 aliphatic rings. The van der Waals surface area contributed by atoms with E-state index in [4.69, 9.17) is 30.2 Å². The Morgan fingerprint density at radius 2 is 1.78 bits per heavy atom. The van der Waals surface area contributed by atoms with Crippen molar-refractivity contribution in [3.8, 4) is 11.5 Å². The predicted molar refractivity (Wildman–Crippen MR) is 149 cm³/mol. The van der Waals surface area contributed by atoms with E-state index in [-0.39, 0.29) is 23.1 Å². The molecule has 2 aromatic rings. The lowest BCUT2D eigenvalue weighted by atomic mass is 10.0. The van der Waals surface area contributed by atoms with Gasteiger partial charge in [0.15, 0.2) is 24.2 Å². The monoisotopic (exact) mass is 571 g/mol. The van der Waals surface area contributed by atoms with Crippen molar-refractivity contribution >= 4 is 41.4 Å². The number of benzene rings is 2. The second-order valence-corrected chi connectivity index (χ2v) is 17.4. The number of rotatable bonds is 12. The van der Waals surface area contributed by atoms with E-state index in [2.05, 4.69) is 39.2 Å². The van der Waals surface area contributed by atoms with Gasteiger partial charge in [-0.15, -0.1) is 0 Å². The summed E-state index contributed by atoms with van der Waals surface area (Å²) in [7, 11) is -4.05. The predicted octanol–water partition coefficient (Wildman–Crippen LogP) is 5.87. The minimum Gasteiger partial charge on any atom is -0.497 e. The average molecular weight is 572 g/mol. The molecule has 0 bridgehead atoms. The number of hydrogen-bond acceptors (Lipinski definition) is 8. The first kappa shape index (κ1) is 30.9. The minimum absolute atomic E-state index is 0.0484. The van der Waals surface area contributed by atoms with Crippen LogP contribution < -0.4 is 14.8 Å². The number of hydrogen-bond donors (Lipinski definition) is 1. The van der Waals surface area contributed by atoms with Crippen LogP contribution in [0, 0.1) is 0 Å². The molecule has 1 N–H and O–H groups in total. The van der Waals surface area contributed by atoms with Gasteiger partial charge in [0.05, 0.1) is 25.2 Å². The normalized spacial score (nSPS) is 13.1. The molecule has 0 fully saturated rings.